The van der Waals surface area contributed by atoms with E-state index >= 15 is 0 Å². The molecule has 0 fully saturated rings. The Morgan fingerprint density at radius 3 is 2.83 bits per heavy atom. The van der Waals surface area contributed by atoms with E-state index in [1.165, 1.54) is 22.5 Å². The van der Waals surface area contributed by atoms with Crippen molar-refractivity contribution in [2.45, 2.75) is 0 Å². The van der Waals surface area contributed by atoms with E-state index in [9.17, 15) is 0 Å². The van der Waals surface area contributed by atoms with Crippen LogP contribution in [0.1, 0.15) is 0 Å². The zero-order chi connectivity index (χ0) is 4.41. The Kier molecular flexibility index (Phi) is 1.14. The first-order chi connectivity index (χ1) is 2.89. The second-order valence-corrected chi connectivity index (χ2v) is 2.29. The molecule has 1 aromatic rings. The monoisotopic (exact) mass is 187 g/mol. The predicted molar refractivity (Wildman–Crippen MR) is 24.0 cm³/mol. The third kappa shape index (κ3) is 0.739. The second kappa shape index (κ2) is 1.64. The summed E-state index contributed by atoms with van der Waals surface area (Å²) in [5.74, 6) is 0. The number of nitrogens with zero attached hydrogens (tertiary/aromatic N) is 1. The summed E-state index contributed by atoms with van der Waals surface area (Å²) in [4.78, 5) is 6.83. The van der Waals surface area contributed by atoms with E-state index < -0.39 is 0 Å². The Bertz CT molecular complexity index is 112. The number of nitrogens with one attached hydrogen (secondary N) is 1. The number of H-pyrrole nitrogens is 1. The molecule has 0 aliphatic rings. The molecule has 1 aromatic heterocycles. The number of hydrogen-bond donors (Lipinski definition) is 1. The normalized spacial score (nSPS) is 8.83. The van der Waals surface area contributed by atoms with Crippen molar-refractivity contribution in [3.05, 3.63) is 12.4 Å². The van der Waals surface area contributed by atoms with E-state index in [0.717, 1.165) is 3.84 Å². The fourth-order valence-electron chi connectivity index (χ4n) is 0.265. The first kappa shape index (κ1) is 4.18. The van der Waals surface area contributed by atoms with Crippen molar-refractivity contribution >= 4 is 26.4 Å². The summed E-state index contributed by atoms with van der Waals surface area (Å²) in [6, 6.07) is 0. The van der Waals surface area contributed by atoms with Crippen LogP contribution in [0.25, 0.3) is 0 Å². The summed E-state index contributed by atoms with van der Waals surface area (Å²) < 4.78 is 1.06. The maximum atomic E-state index is 3.90. The van der Waals surface area contributed by atoms with Crippen LogP contribution in [0, 0.1) is 0 Å². The van der Waals surface area contributed by atoms with Crippen LogP contribution >= 0.6 is 0 Å². The quantitative estimate of drug-likeness (QED) is 0.528. The van der Waals surface area contributed by atoms with Gasteiger partial charge in [-0.1, -0.05) is 0 Å². The topological polar surface area (TPSA) is 28.7 Å². The van der Waals surface area contributed by atoms with Gasteiger partial charge in [0.15, 0.2) is 0 Å². The van der Waals surface area contributed by atoms with Gasteiger partial charge in [-0.25, -0.2) is 0 Å². The Balaban J connectivity index is 3.05. The van der Waals surface area contributed by atoms with Gasteiger partial charge < -0.3 is 0 Å². The minimum absolute atomic E-state index is 1.06. The van der Waals surface area contributed by atoms with Gasteiger partial charge in [-0.05, 0) is 0 Å². The van der Waals surface area contributed by atoms with Crippen molar-refractivity contribution in [1.82, 2.24) is 9.97 Å². The van der Waals surface area contributed by atoms with Crippen LogP contribution in [-0.2, 0) is 0 Å². The molecule has 2 nitrogen and oxygen atoms in total. The summed E-state index contributed by atoms with van der Waals surface area (Å²) in [6.07, 6.45) is 3.58. The summed E-state index contributed by atoms with van der Waals surface area (Å²) >= 11 is 1.34. The Labute approximate surface area is 49.1 Å². The van der Waals surface area contributed by atoms with E-state index in [1.807, 2.05) is 6.20 Å². The van der Waals surface area contributed by atoms with E-state index in [2.05, 4.69) is 9.97 Å². The third-order valence-electron chi connectivity index (χ3n) is 0.498. The van der Waals surface area contributed by atoms with Gasteiger partial charge in [-0.2, -0.15) is 0 Å². The Morgan fingerprint density at radius 2 is 2.67 bits per heavy atom. The van der Waals surface area contributed by atoms with E-state index in [4.69, 9.17) is 0 Å². The molecule has 0 aliphatic carbocycles. The SMILES string of the molecule is [Sn][c]1ncc[nH]1. The molecule has 0 atom stereocenters. The molecule has 0 amide bonds. The standard InChI is InChI=1S/C3H3N2.Sn/c1-2-5-3-4-1;/h1-2H,(H,4,5);. The van der Waals surface area contributed by atoms with Crippen LogP contribution in [0.15, 0.2) is 12.4 Å². The molecule has 1 rings (SSSR count). The fraction of sp³-hybridized carbons (Fsp3) is 0. The average Bonchev–Trinajstić information content (AvgIpc) is 1.86. The Morgan fingerprint density at radius 1 is 1.83 bits per heavy atom. The Hall–Kier alpha value is 0.00870. The summed E-state index contributed by atoms with van der Waals surface area (Å²) in [5, 5.41) is 0. The zero-order valence-electron chi connectivity index (χ0n) is 3.10. The van der Waals surface area contributed by atoms with Gasteiger partial charge in [0.05, 0.1) is 0 Å². The molecule has 0 saturated heterocycles. The van der Waals surface area contributed by atoms with E-state index in [-0.39, 0.29) is 0 Å². The molecule has 0 aliphatic heterocycles. The van der Waals surface area contributed by atoms with Crippen molar-refractivity contribution in [3.8, 4) is 0 Å². The summed E-state index contributed by atoms with van der Waals surface area (Å²) in [7, 11) is 0. The van der Waals surface area contributed by atoms with Crippen LogP contribution < -0.4 is 3.84 Å². The zero-order valence-corrected chi connectivity index (χ0v) is 5.96. The molecule has 0 bridgehead atoms. The van der Waals surface area contributed by atoms with E-state index in [1.54, 1.807) is 6.20 Å². The van der Waals surface area contributed by atoms with Gasteiger partial charge in [0.2, 0.25) is 0 Å². The number of aromatic amines is 1. The molecule has 0 unspecified atom stereocenters. The molecule has 1 heterocycles. The molecule has 3 heteroatoms. The summed E-state index contributed by atoms with van der Waals surface area (Å²) in [5.41, 5.74) is 0. The van der Waals surface area contributed by atoms with Crippen molar-refractivity contribution < 1.29 is 0 Å². The average molecular weight is 186 g/mol. The molecule has 29 valence electrons. The van der Waals surface area contributed by atoms with Gasteiger partial charge in [0.1, 0.15) is 0 Å². The molecule has 0 spiro atoms. The fourth-order valence-corrected chi connectivity index (χ4v) is 0.716. The summed E-state index contributed by atoms with van der Waals surface area (Å²) in [6.45, 7) is 0. The van der Waals surface area contributed by atoms with Crippen molar-refractivity contribution in [1.29, 1.82) is 0 Å². The molecule has 3 radical (unpaired) electrons. The third-order valence-corrected chi connectivity index (χ3v) is 1.28. The first-order valence-corrected chi connectivity index (χ1v) is 3.03. The van der Waals surface area contributed by atoms with Crippen LogP contribution in [0.4, 0.5) is 0 Å². The minimum atomic E-state index is 1.06. The van der Waals surface area contributed by atoms with Crippen molar-refractivity contribution in [3.63, 3.8) is 0 Å². The number of rotatable bonds is 0. The predicted octanol–water partition coefficient (Wildman–Crippen LogP) is -0.797. The first-order valence-electron chi connectivity index (χ1n) is 1.60. The number of hydrogen-bond acceptors (Lipinski definition) is 1. The van der Waals surface area contributed by atoms with Gasteiger partial charge in [-0.3, -0.25) is 0 Å². The van der Waals surface area contributed by atoms with Crippen molar-refractivity contribution in [2.24, 2.45) is 0 Å². The van der Waals surface area contributed by atoms with Gasteiger partial charge in [0, 0.05) is 0 Å². The molecule has 0 saturated carbocycles. The number of aromatic nitrogens is 2. The van der Waals surface area contributed by atoms with Gasteiger partial charge in [-0.15, -0.1) is 0 Å². The maximum absolute atomic E-state index is 3.90. The molecule has 1 N–H and O–H groups in total. The second-order valence-electron chi connectivity index (χ2n) is 0.938. The van der Waals surface area contributed by atoms with Crippen LogP contribution in [-0.4, -0.2) is 32.5 Å². The molecular formula is C3H3N2Sn. The van der Waals surface area contributed by atoms with Crippen molar-refractivity contribution in [2.75, 3.05) is 0 Å². The van der Waals surface area contributed by atoms with Crippen LogP contribution in [0.3, 0.4) is 0 Å². The van der Waals surface area contributed by atoms with Crippen LogP contribution in [0.2, 0.25) is 0 Å². The van der Waals surface area contributed by atoms with Gasteiger partial charge in [0.25, 0.3) is 0 Å². The molecule has 0 aromatic carbocycles. The van der Waals surface area contributed by atoms with E-state index in [0.29, 0.717) is 0 Å². The van der Waals surface area contributed by atoms with Gasteiger partial charge >= 0.3 is 48.7 Å². The molecular weight excluding hydrogens is 183 g/mol. The molecule has 6 heavy (non-hydrogen) atoms. The number of imidazole rings is 1. The van der Waals surface area contributed by atoms with Crippen LogP contribution in [0.5, 0.6) is 0 Å².